The number of benzene rings is 18. The van der Waals surface area contributed by atoms with Gasteiger partial charge >= 0.3 is 0 Å². The second-order valence-corrected chi connectivity index (χ2v) is 31.7. The quantitative estimate of drug-likeness (QED) is 0.152. The molecular formula is C127H113N15. The van der Waals surface area contributed by atoms with Gasteiger partial charge in [-0.15, -0.1) is 0 Å². The van der Waals surface area contributed by atoms with Crippen LogP contribution in [0.1, 0.15) is 97.6 Å². The summed E-state index contributed by atoms with van der Waals surface area (Å²) >= 11 is 0. The molecule has 0 atom stereocenters. The van der Waals surface area contributed by atoms with Crippen LogP contribution in [-0.4, -0.2) is 74.8 Å². The van der Waals surface area contributed by atoms with E-state index in [0.717, 1.165) is 140 Å². The fraction of sp³-hybridized carbons (Fsp3) is 0.110. The molecule has 15 nitrogen and oxygen atoms in total. The summed E-state index contributed by atoms with van der Waals surface area (Å²) < 4.78 is 0. The SMILES string of the molecule is CC.CC.CC.CC.CC.Cc1nc(-c2ccccc2)c2ccccc2n1.Cc1nc(-c2ccccc2)nc2ccccc12.Cc1nc2ccccc2nc1-c1ccccc1.c1ccc2c(c1)Cc1cncnc1-2.c1ccc2c(c1)c1ccccc1c1ncccc21.c1ccc2c(c1)c1ccccc1c1nccnc21.c1ccc2c(c1)c1ccccc1c1ncncc21.c1ccc2c(c1)ccc1nccnc12. The number of fused-ring (bicyclic) bond motifs is 27. The predicted molar refractivity (Wildman–Crippen MR) is 599 cm³/mol. The molecule has 8 heterocycles. The normalized spacial score (nSPS) is 10.5. The Balaban J connectivity index is 0.000000121. The van der Waals surface area contributed by atoms with Crippen LogP contribution in [0.15, 0.2) is 438 Å². The maximum atomic E-state index is 4.68. The van der Waals surface area contributed by atoms with Crippen LogP contribution in [0, 0.1) is 20.8 Å². The van der Waals surface area contributed by atoms with Crippen molar-refractivity contribution >= 4 is 152 Å². The van der Waals surface area contributed by atoms with Crippen molar-refractivity contribution in [1.82, 2.24) is 74.8 Å². The standard InChI is InChI=1S/C17H11N.2C16H10N2.3C15H12N2.C12H8N2.C11H8N2.5C2H6/c1-2-7-14-12(6-1)13-8-3-4-9-15(13)17-16(14)10-5-11-18-17;1-3-7-13-11(5-1)12-6-2-4-8-14(12)16-15(13)17-9-10-18-16;1-2-7-13-11(5-1)12-6-3-4-8-14(12)16-15(13)9-17-10-18-16;1-11-16-14-10-6-5-9-13(14)15(17-11)12-7-3-2-4-8-12;1-11-15(12-7-3-2-4-8-12)17-14-10-6-5-9-13(14)16-11;1-11-13-9-5-6-10-14(13)17-15(16-11)12-7-3-2-4-8-12;1-2-4-10-9(3-1)5-6-11-12(10)14-8-7-13-11;1-2-4-10-8(3-1)5-9-6-12-7-13-11(9)10;5*1-2/h1-11H;2*1-10H;3*2-10H,1H3;1-8H;1-4,6-7H,5H2;5*1-2H3. The van der Waals surface area contributed by atoms with Crippen molar-refractivity contribution in [2.24, 2.45) is 0 Å². The fourth-order valence-corrected chi connectivity index (χ4v) is 17.4. The number of para-hydroxylation sites is 4. The van der Waals surface area contributed by atoms with Gasteiger partial charge < -0.3 is 0 Å². The minimum absolute atomic E-state index is 0.793. The van der Waals surface area contributed by atoms with Crippen LogP contribution in [0.2, 0.25) is 0 Å². The Labute approximate surface area is 829 Å². The monoisotopic (exact) mass is 1850 g/mol. The van der Waals surface area contributed by atoms with Gasteiger partial charge in [-0.2, -0.15) is 0 Å². The number of aromatic nitrogens is 15. The van der Waals surface area contributed by atoms with Crippen molar-refractivity contribution < 1.29 is 0 Å². The third-order valence-corrected chi connectivity index (χ3v) is 23.4. The minimum Gasteiger partial charge on any atom is -0.256 e. The van der Waals surface area contributed by atoms with Gasteiger partial charge in [0.1, 0.15) is 18.5 Å². The second kappa shape index (κ2) is 49.4. The van der Waals surface area contributed by atoms with Gasteiger partial charge in [0, 0.05) is 132 Å². The Hall–Kier alpha value is -17.7. The molecule has 27 rings (SSSR count). The Bertz CT molecular complexity index is 7590. The summed E-state index contributed by atoms with van der Waals surface area (Å²) in [5, 5.41) is 21.7. The first-order chi connectivity index (χ1) is 70.3. The number of nitrogens with zero attached hydrogens (tertiary/aromatic N) is 15. The first-order valence-electron chi connectivity index (χ1n) is 48.7. The lowest BCUT2D eigenvalue weighted by atomic mass is 9.97. The van der Waals surface area contributed by atoms with Crippen LogP contribution in [0.4, 0.5) is 0 Å². The first kappa shape index (κ1) is 98.8. The molecule has 0 unspecified atom stereocenters. The summed E-state index contributed by atoms with van der Waals surface area (Å²) in [6.07, 6.45) is 16.8. The molecule has 0 saturated carbocycles. The number of hydrogen-bond acceptors (Lipinski definition) is 15. The molecular weight excluding hydrogens is 1740 g/mol. The third-order valence-electron chi connectivity index (χ3n) is 23.4. The number of rotatable bonds is 3. The summed E-state index contributed by atoms with van der Waals surface area (Å²) in [7, 11) is 0. The lowest BCUT2D eigenvalue weighted by Gasteiger charge is -2.08. The lowest BCUT2D eigenvalue weighted by molar-refractivity contribution is 1.10. The Morgan fingerprint density at radius 1 is 0.190 bits per heavy atom. The lowest BCUT2D eigenvalue weighted by Crippen LogP contribution is -1.93. The summed E-state index contributed by atoms with van der Waals surface area (Å²) in [5.41, 5.74) is 22.1. The van der Waals surface area contributed by atoms with Crippen molar-refractivity contribution in [3.63, 3.8) is 0 Å². The smallest absolute Gasteiger partial charge is 0.160 e. The van der Waals surface area contributed by atoms with Crippen LogP contribution in [0.3, 0.4) is 0 Å². The van der Waals surface area contributed by atoms with E-state index in [9.17, 15) is 0 Å². The van der Waals surface area contributed by atoms with Gasteiger partial charge in [-0.3, -0.25) is 24.9 Å². The van der Waals surface area contributed by atoms with Crippen LogP contribution in [0.5, 0.6) is 0 Å². The molecule has 142 heavy (non-hydrogen) atoms. The summed E-state index contributed by atoms with van der Waals surface area (Å²) in [6.45, 7) is 26.0. The Morgan fingerprint density at radius 2 is 0.563 bits per heavy atom. The Morgan fingerprint density at radius 3 is 1.11 bits per heavy atom. The highest BCUT2D eigenvalue weighted by atomic mass is 14.9. The van der Waals surface area contributed by atoms with Crippen molar-refractivity contribution in [3.05, 3.63) is 467 Å². The molecule has 0 spiro atoms. The highest BCUT2D eigenvalue weighted by Crippen LogP contribution is 2.39. The van der Waals surface area contributed by atoms with E-state index in [-0.39, 0.29) is 0 Å². The van der Waals surface area contributed by atoms with Gasteiger partial charge in [0.2, 0.25) is 0 Å². The van der Waals surface area contributed by atoms with Gasteiger partial charge in [-0.1, -0.05) is 415 Å². The summed E-state index contributed by atoms with van der Waals surface area (Å²) in [6, 6.07) is 130. The fourth-order valence-electron chi connectivity index (χ4n) is 17.4. The third kappa shape index (κ3) is 22.4. The van der Waals surface area contributed by atoms with E-state index in [1.807, 2.05) is 272 Å². The number of pyridine rings is 1. The summed E-state index contributed by atoms with van der Waals surface area (Å²) in [5.74, 6) is 1.60. The average Bonchev–Trinajstić information content (AvgIpc) is 0.854. The van der Waals surface area contributed by atoms with Crippen LogP contribution >= 0.6 is 0 Å². The van der Waals surface area contributed by atoms with E-state index >= 15 is 0 Å². The topological polar surface area (TPSA) is 193 Å². The molecule has 0 N–H and O–H groups in total. The van der Waals surface area contributed by atoms with E-state index in [0.29, 0.717) is 0 Å². The highest BCUT2D eigenvalue weighted by molar-refractivity contribution is 6.26. The molecule has 0 aliphatic heterocycles. The van der Waals surface area contributed by atoms with E-state index in [4.69, 9.17) is 0 Å². The van der Waals surface area contributed by atoms with Crippen molar-refractivity contribution in [1.29, 1.82) is 0 Å². The number of hydrogen-bond donors (Lipinski definition) is 0. The Kier molecular flexibility index (Phi) is 34.3. The molecule has 8 aromatic heterocycles. The zero-order chi connectivity index (χ0) is 98.9. The van der Waals surface area contributed by atoms with Crippen LogP contribution in [-0.2, 0) is 6.42 Å². The van der Waals surface area contributed by atoms with Gasteiger partial charge in [-0.05, 0) is 111 Å². The van der Waals surface area contributed by atoms with Crippen molar-refractivity contribution in [2.45, 2.75) is 96.4 Å². The average molecular weight is 1850 g/mol. The van der Waals surface area contributed by atoms with Gasteiger partial charge in [0.25, 0.3) is 0 Å². The molecule has 0 fully saturated rings. The maximum absolute atomic E-state index is 4.68. The zero-order valence-corrected chi connectivity index (χ0v) is 82.5. The van der Waals surface area contributed by atoms with E-state index < -0.39 is 0 Å². The molecule has 1 aliphatic carbocycles. The molecule has 0 radical (unpaired) electrons. The van der Waals surface area contributed by atoms with E-state index in [1.54, 1.807) is 37.4 Å². The van der Waals surface area contributed by atoms with Crippen molar-refractivity contribution in [2.75, 3.05) is 0 Å². The first-order valence-corrected chi connectivity index (χ1v) is 48.7. The van der Waals surface area contributed by atoms with Gasteiger partial charge in [0.15, 0.2) is 5.82 Å². The molecule has 696 valence electrons. The second-order valence-electron chi connectivity index (χ2n) is 31.7. The van der Waals surface area contributed by atoms with Crippen LogP contribution in [0.25, 0.3) is 197 Å². The maximum Gasteiger partial charge on any atom is 0.160 e. The predicted octanol–water partition coefficient (Wildman–Crippen LogP) is 33.2. The molecule has 0 saturated heterocycles. The molecule has 1 aliphatic rings. The largest absolute Gasteiger partial charge is 0.256 e. The molecule has 0 amide bonds. The molecule has 18 aromatic carbocycles. The van der Waals surface area contributed by atoms with Gasteiger partial charge in [-0.25, -0.2) is 49.8 Å². The van der Waals surface area contributed by atoms with Crippen LogP contribution < -0.4 is 0 Å². The minimum atomic E-state index is 0.793. The molecule has 15 heteroatoms. The molecule has 0 bridgehead atoms. The van der Waals surface area contributed by atoms with Gasteiger partial charge in [0.05, 0.1) is 77.9 Å². The van der Waals surface area contributed by atoms with Crippen molar-refractivity contribution in [3.8, 4) is 45.2 Å². The summed E-state index contributed by atoms with van der Waals surface area (Å²) in [4.78, 5) is 66.5. The van der Waals surface area contributed by atoms with E-state index in [2.05, 4.69) is 293 Å². The molecule has 26 aromatic rings. The zero-order valence-electron chi connectivity index (χ0n) is 82.5. The number of aryl methyl sites for hydroxylation is 3. The van der Waals surface area contributed by atoms with E-state index in [1.165, 1.54) is 92.1 Å². The highest BCUT2D eigenvalue weighted by Gasteiger charge is 2.20.